The second kappa shape index (κ2) is 8.59. The summed E-state index contributed by atoms with van der Waals surface area (Å²) in [6.45, 7) is 3.87. The largest absolute Gasteiger partial charge is 0.329 e. The van der Waals surface area contributed by atoms with E-state index in [1.165, 1.54) is 32.3 Å². The number of nitrogens with one attached hydrogen (secondary N) is 1. The second-order valence-corrected chi connectivity index (χ2v) is 9.39. The van der Waals surface area contributed by atoms with Crippen LogP contribution in [0.1, 0.15) is 26.7 Å². The van der Waals surface area contributed by atoms with Crippen molar-refractivity contribution in [2.75, 3.05) is 20.6 Å². The summed E-state index contributed by atoms with van der Waals surface area (Å²) in [5, 5.41) is 0. The van der Waals surface area contributed by atoms with Crippen LogP contribution in [0.15, 0.2) is 34.1 Å². The first-order valence-electron chi connectivity index (χ1n) is 7.31. The third kappa shape index (κ3) is 4.90. The first kappa shape index (κ1) is 23.3. The zero-order valence-corrected chi connectivity index (χ0v) is 16.8. The molecule has 7 nitrogen and oxygen atoms in total. The highest BCUT2D eigenvalue weighted by Gasteiger charge is 2.31. The molecule has 0 amide bonds. The lowest BCUT2D eigenvalue weighted by Gasteiger charge is -2.31. The normalized spacial score (nSPS) is 12.9. The zero-order valence-electron chi connectivity index (χ0n) is 14.3. The van der Waals surface area contributed by atoms with Crippen molar-refractivity contribution < 1.29 is 16.8 Å². The Morgan fingerprint density at radius 2 is 1.58 bits per heavy atom. The van der Waals surface area contributed by atoms with E-state index in [9.17, 15) is 16.8 Å². The van der Waals surface area contributed by atoms with E-state index in [1.54, 1.807) is 0 Å². The van der Waals surface area contributed by atoms with Gasteiger partial charge in [0, 0.05) is 26.2 Å². The van der Waals surface area contributed by atoms with Crippen LogP contribution in [-0.2, 0) is 20.0 Å². The van der Waals surface area contributed by atoms with Gasteiger partial charge in [-0.2, -0.15) is 0 Å². The van der Waals surface area contributed by atoms with Crippen LogP contribution in [0.4, 0.5) is 0 Å². The SMILES string of the molecule is CCC(CC)(CN)NS(=O)(=O)c1cccc(S(=O)(=O)N(C)C)c1.Cl. The highest BCUT2D eigenvalue weighted by molar-refractivity contribution is 7.90. The van der Waals surface area contributed by atoms with Crippen LogP contribution < -0.4 is 10.5 Å². The molecule has 0 aliphatic carbocycles. The minimum Gasteiger partial charge on any atom is -0.329 e. The second-order valence-electron chi connectivity index (χ2n) is 5.56. The van der Waals surface area contributed by atoms with Gasteiger partial charge in [-0.3, -0.25) is 0 Å². The molecular weight excluding hydrogens is 374 g/mol. The topological polar surface area (TPSA) is 110 Å². The van der Waals surface area contributed by atoms with Crippen molar-refractivity contribution in [1.82, 2.24) is 9.03 Å². The van der Waals surface area contributed by atoms with Crippen LogP contribution in [0, 0.1) is 0 Å². The van der Waals surface area contributed by atoms with E-state index in [4.69, 9.17) is 5.73 Å². The van der Waals surface area contributed by atoms with Gasteiger partial charge in [0.1, 0.15) is 0 Å². The van der Waals surface area contributed by atoms with E-state index in [-0.39, 0.29) is 28.7 Å². The standard InChI is InChI=1S/C14H25N3O4S2.ClH/c1-5-14(6-2,11-15)16-22(18,19)12-8-7-9-13(10-12)23(20,21)17(3)4;/h7-10,16H,5-6,11,15H2,1-4H3;1H. The van der Waals surface area contributed by atoms with Gasteiger partial charge in [-0.05, 0) is 31.0 Å². The Kier molecular flexibility index (Phi) is 8.34. The number of nitrogens with two attached hydrogens (primary N) is 1. The van der Waals surface area contributed by atoms with Crippen LogP contribution in [0.5, 0.6) is 0 Å². The van der Waals surface area contributed by atoms with E-state index >= 15 is 0 Å². The lowest BCUT2D eigenvalue weighted by molar-refractivity contribution is 0.363. The van der Waals surface area contributed by atoms with Gasteiger partial charge in [-0.1, -0.05) is 19.9 Å². The van der Waals surface area contributed by atoms with Gasteiger partial charge in [0.05, 0.1) is 9.79 Å². The van der Waals surface area contributed by atoms with Gasteiger partial charge in [-0.15, -0.1) is 12.4 Å². The summed E-state index contributed by atoms with van der Waals surface area (Å²) in [7, 11) is -4.80. The molecule has 0 aliphatic heterocycles. The molecule has 0 saturated heterocycles. The molecule has 0 bridgehead atoms. The molecule has 10 heteroatoms. The molecule has 0 fully saturated rings. The van der Waals surface area contributed by atoms with E-state index in [1.807, 2.05) is 13.8 Å². The number of nitrogens with zero attached hydrogens (tertiary/aromatic N) is 1. The lowest BCUT2D eigenvalue weighted by Crippen LogP contribution is -2.52. The third-order valence-corrected chi connectivity index (χ3v) is 7.38. The molecule has 0 heterocycles. The average molecular weight is 400 g/mol. The smallest absolute Gasteiger partial charge is 0.242 e. The molecule has 1 aromatic rings. The van der Waals surface area contributed by atoms with Crippen molar-refractivity contribution in [2.45, 2.75) is 42.0 Å². The molecule has 0 spiro atoms. The summed E-state index contributed by atoms with van der Waals surface area (Å²) >= 11 is 0. The molecule has 0 atom stereocenters. The monoisotopic (exact) mass is 399 g/mol. The molecule has 3 N–H and O–H groups in total. The molecular formula is C14H26ClN3O4S2. The molecule has 0 unspecified atom stereocenters. The Bertz CT molecular complexity index is 737. The number of halogens is 1. The number of rotatable bonds is 8. The van der Waals surface area contributed by atoms with Gasteiger partial charge in [0.15, 0.2) is 0 Å². The van der Waals surface area contributed by atoms with Crippen LogP contribution in [-0.4, -0.2) is 47.3 Å². The van der Waals surface area contributed by atoms with Gasteiger partial charge in [-0.25, -0.2) is 25.9 Å². The minimum absolute atomic E-state index is 0. The fourth-order valence-corrected chi connectivity index (χ4v) is 4.70. The Hall–Kier alpha value is -0.710. The van der Waals surface area contributed by atoms with Gasteiger partial charge < -0.3 is 5.73 Å². The summed E-state index contributed by atoms with van der Waals surface area (Å²) < 4.78 is 53.2. The molecule has 0 radical (unpaired) electrons. The van der Waals surface area contributed by atoms with Gasteiger partial charge in [0.2, 0.25) is 20.0 Å². The average Bonchev–Trinajstić information content (AvgIpc) is 2.52. The maximum atomic E-state index is 12.6. The molecule has 0 aliphatic rings. The van der Waals surface area contributed by atoms with Crippen LogP contribution in [0.25, 0.3) is 0 Å². The van der Waals surface area contributed by atoms with E-state index in [0.717, 1.165) is 10.4 Å². The fourth-order valence-electron chi connectivity index (χ4n) is 2.08. The van der Waals surface area contributed by atoms with Crippen molar-refractivity contribution in [3.63, 3.8) is 0 Å². The quantitative estimate of drug-likeness (QED) is 0.681. The Morgan fingerprint density at radius 3 is 2.00 bits per heavy atom. The van der Waals surface area contributed by atoms with Crippen molar-refractivity contribution in [3.8, 4) is 0 Å². The third-order valence-electron chi connectivity index (χ3n) is 3.99. The predicted octanol–water partition coefficient (Wildman–Crippen LogP) is 1.15. The zero-order chi connectivity index (χ0) is 17.9. The first-order valence-corrected chi connectivity index (χ1v) is 10.2. The molecule has 24 heavy (non-hydrogen) atoms. The fraction of sp³-hybridized carbons (Fsp3) is 0.571. The lowest BCUT2D eigenvalue weighted by atomic mass is 9.95. The van der Waals surface area contributed by atoms with Gasteiger partial charge >= 0.3 is 0 Å². The van der Waals surface area contributed by atoms with Crippen LogP contribution in [0.3, 0.4) is 0 Å². The summed E-state index contributed by atoms with van der Waals surface area (Å²) in [6, 6.07) is 5.30. The number of benzene rings is 1. The predicted molar refractivity (Wildman–Crippen MR) is 97.3 cm³/mol. The molecule has 0 aromatic heterocycles. The number of hydrogen-bond acceptors (Lipinski definition) is 5. The Balaban J connectivity index is 0.00000529. The van der Waals surface area contributed by atoms with E-state index < -0.39 is 25.6 Å². The number of sulfonamides is 2. The summed E-state index contributed by atoms with van der Waals surface area (Å²) in [6.07, 6.45) is 1.07. The highest BCUT2D eigenvalue weighted by Crippen LogP contribution is 2.21. The maximum absolute atomic E-state index is 12.6. The molecule has 140 valence electrons. The van der Waals surface area contributed by atoms with Crippen molar-refractivity contribution in [1.29, 1.82) is 0 Å². The van der Waals surface area contributed by atoms with Crippen molar-refractivity contribution >= 4 is 32.5 Å². The highest BCUT2D eigenvalue weighted by atomic mass is 35.5. The Morgan fingerprint density at radius 1 is 1.08 bits per heavy atom. The summed E-state index contributed by atoms with van der Waals surface area (Å²) in [4.78, 5) is -0.170. The Labute approximate surface area is 151 Å². The van der Waals surface area contributed by atoms with Gasteiger partial charge in [0.25, 0.3) is 0 Å². The minimum atomic E-state index is -3.88. The van der Waals surface area contributed by atoms with Crippen LogP contribution in [0.2, 0.25) is 0 Å². The van der Waals surface area contributed by atoms with E-state index in [0.29, 0.717) is 12.8 Å². The molecule has 0 saturated carbocycles. The number of hydrogen-bond donors (Lipinski definition) is 2. The van der Waals surface area contributed by atoms with Crippen molar-refractivity contribution in [2.24, 2.45) is 5.73 Å². The van der Waals surface area contributed by atoms with Crippen molar-refractivity contribution in [3.05, 3.63) is 24.3 Å². The first-order chi connectivity index (χ1) is 10.5. The maximum Gasteiger partial charge on any atom is 0.242 e. The summed E-state index contributed by atoms with van der Waals surface area (Å²) in [5.74, 6) is 0. The molecule has 1 rings (SSSR count). The van der Waals surface area contributed by atoms with E-state index in [2.05, 4.69) is 4.72 Å². The van der Waals surface area contributed by atoms with Crippen LogP contribution >= 0.6 is 12.4 Å². The summed E-state index contributed by atoms with van der Waals surface area (Å²) in [5.41, 5.74) is 4.98. The molecule has 1 aromatic carbocycles.